The van der Waals surface area contributed by atoms with E-state index in [0.717, 1.165) is 95.3 Å². The van der Waals surface area contributed by atoms with Crippen molar-refractivity contribution in [2.45, 2.75) is 262 Å². The summed E-state index contributed by atoms with van der Waals surface area (Å²) in [4.78, 5) is 25.0. The maximum absolute atomic E-state index is 13.1. The zero-order valence-electron chi connectivity index (χ0n) is 38.4. The minimum absolute atomic E-state index is 0.236. The number of allylic oxidation sites excluding steroid dienone is 2. The van der Waals surface area contributed by atoms with Gasteiger partial charge in [0.25, 0.3) is 0 Å². The number of amides is 1. The number of hydrogen-bond donors (Lipinski definition) is 8. The minimum atomic E-state index is -1.67. The highest BCUT2D eigenvalue weighted by molar-refractivity contribution is 5.89. The molecule has 1 aliphatic heterocycles. The normalized spacial score (nSPS) is 24.8. The fourth-order valence-electron chi connectivity index (χ4n) is 8.66. The van der Waals surface area contributed by atoms with E-state index < -0.39 is 74.2 Å². The van der Waals surface area contributed by atoms with Gasteiger partial charge in [-0.2, -0.15) is 0 Å². The Hall–Kier alpha value is -1.48. The van der Waals surface area contributed by atoms with Crippen LogP contribution in [0, 0.1) is 11.8 Å². The molecular formula is C49H91NO11. The fourth-order valence-corrected chi connectivity index (χ4v) is 8.66. The molecule has 0 aromatic rings. The number of aliphatic hydroxyl groups excluding tert-OH is 7. The predicted octanol–water partition coefficient (Wildman–Crippen LogP) is 7.48. The number of carbonyl (C=O) groups is 2. The number of nitrogens with one attached hydrogen (secondary N) is 1. The quantitative estimate of drug-likeness (QED) is 0.0224. The summed E-state index contributed by atoms with van der Waals surface area (Å²) < 4.78 is 11.1. The summed E-state index contributed by atoms with van der Waals surface area (Å²) >= 11 is 0. The molecule has 0 aromatic carbocycles. The first-order valence-electron chi connectivity index (χ1n) is 25.0. The number of rotatable bonds is 40. The number of ketones is 1. The Balaban J connectivity index is 1.68. The average molecular weight is 870 g/mol. The van der Waals surface area contributed by atoms with Crippen LogP contribution in [0.1, 0.15) is 206 Å². The third-order valence-corrected chi connectivity index (χ3v) is 13.0. The number of unbranched alkanes of at least 4 members (excludes halogenated alkanes) is 20. The smallest absolute Gasteiger partial charge is 0.249 e. The summed E-state index contributed by atoms with van der Waals surface area (Å²) in [7, 11) is 0. The SMILES string of the molecule is CCCCCCC(=O)/C=C/CCCCCCCCCCC[C@@H](O)C(=O)N[C@@H](CO[C@@H]1O[C@H](CO)[C@@H](O)[C@H](O)[C@H]1O)[C@H](O)[C@H](O)CCCCCCCC[C@H]1C[C@H]1CCCCCC. The van der Waals surface area contributed by atoms with Crippen LogP contribution >= 0.6 is 0 Å². The zero-order chi connectivity index (χ0) is 44.7. The van der Waals surface area contributed by atoms with Gasteiger partial charge in [0, 0.05) is 6.42 Å². The predicted molar refractivity (Wildman–Crippen MR) is 241 cm³/mol. The second-order valence-electron chi connectivity index (χ2n) is 18.5. The van der Waals surface area contributed by atoms with Crippen molar-refractivity contribution in [3.05, 3.63) is 12.2 Å². The van der Waals surface area contributed by atoms with Crippen molar-refractivity contribution in [1.29, 1.82) is 0 Å². The van der Waals surface area contributed by atoms with Crippen LogP contribution in [0.15, 0.2) is 12.2 Å². The van der Waals surface area contributed by atoms with Gasteiger partial charge in [0.1, 0.15) is 36.6 Å². The van der Waals surface area contributed by atoms with Gasteiger partial charge in [0.15, 0.2) is 12.1 Å². The Morgan fingerprint density at radius 2 is 1.20 bits per heavy atom. The summed E-state index contributed by atoms with van der Waals surface area (Å²) in [6, 6.07) is -1.18. The molecule has 12 heteroatoms. The van der Waals surface area contributed by atoms with Gasteiger partial charge in [-0.25, -0.2) is 0 Å². The van der Waals surface area contributed by atoms with Gasteiger partial charge in [-0.3, -0.25) is 9.59 Å². The monoisotopic (exact) mass is 870 g/mol. The third kappa shape index (κ3) is 25.0. The van der Waals surface area contributed by atoms with Crippen LogP contribution in [0.5, 0.6) is 0 Å². The lowest BCUT2D eigenvalue weighted by molar-refractivity contribution is -0.303. The summed E-state index contributed by atoms with van der Waals surface area (Å²) in [5, 5.41) is 75.9. The van der Waals surface area contributed by atoms with Gasteiger partial charge < -0.3 is 50.5 Å². The summed E-state index contributed by atoms with van der Waals surface area (Å²) in [5.74, 6) is 1.42. The van der Waals surface area contributed by atoms with Crippen molar-refractivity contribution < 1.29 is 54.8 Å². The Bertz CT molecular complexity index is 1120. The van der Waals surface area contributed by atoms with Gasteiger partial charge in [0.2, 0.25) is 5.91 Å². The number of aliphatic hydroxyl groups is 7. The molecule has 2 rings (SSSR count). The molecule has 0 unspecified atom stereocenters. The molecule has 1 saturated carbocycles. The van der Waals surface area contributed by atoms with Crippen LogP contribution in [0.4, 0.5) is 0 Å². The van der Waals surface area contributed by atoms with E-state index in [1.54, 1.807) is 6.08 Å². The number of hydrogen-bond acceptors (Lipinski definition) is 11. The van der Waals surface area contributed by atoms with Crippen LogP contribution in [-0.2, 0) is 19.1 Å². The lowest BCUT2D eigenvalue weighted by Gasteiger charge is -2.40. The molecule has 61 heavy (non-hydrogen) atoms. The minimum Gasteiger partial charge on any atom is -0.394 e. The molecule has 1 heterocycles. The van der Waals surface area contributed by atoms with E-state index >= 15 is 0 Å². The third-order valence-electron chi connectivity index (χ3n) is 13.0. The highest BCUT2D eigenvalue weighted by Gasteiger charge is 2.44. The van der Waals surface area contributed by atoms with E-state index in [-0.39, 0.29) is 12.2 Å². The molecule has 2 fully saturated rings. The molecule has 2 aliphatic rings. The summed E-state index contributed by atoms with van der Waals surface area (Å²) in [5.41, 5.74) is 0. The topological polar surface area (TPSA) is 206 Å². The molecule has 358 valence electrons. The molecular weight excluding hydrogens is 779 g/mol. The largest absolute Gasteiger partial charge is 0.394 e. The van der Waals surface area contributed by atoms with Gasteiger partial charge in [-0.05, 0) is 56.4 Å². The van der Waals surface area contributed by atoms with Crippen molar-refractivity contribution in [2.75, 3.05) is 13.2 Å². The van der Waals surface area contributed by atoms with Crippen LogP contribution < -0.4 is 5.32 Å². The van der Waals surface area contributed by atoms with Crippen LogP contribution in [0.2, 0.25) is 0 Å². The number of carbonyl (C=O) groups excluding carboxylic acids is 2. The Kier molecular flexibility index (Phi) is 31.8. The molecule has 8 N–H and O–H groups in total. The van der Waals surface area contributed by atoms with Crippen molar-refractivity contribution in [1.82, 2.24) is 5.32 Å². The highest BCUT2D eigenvalue weighted by Crippen LogP contribution is 2.45. The van der Waals surface area contributed by atoms with E-state index in [1.807, 2.05) is 6.08 Å². The summed E-state index contributed by atoms with van der Waals surface area (Å²) in [6.07, 6.45) is 23.9. The van der Waals surface area contributed by atoms with Gasteiger partial charge in [-0.15, -0.1) is 0 Å². The second kappa shape index (κ2) is 34.9. The molecule has 0 spiro atoms. The maximum Gasteiger partial charge on any atom is 0.249 e. The second-order valence-corrected chi connectivity index (χ2v) is 18.5. The molecule has 11 atom stereocenters. The summed E-state index contributed by atoms with van der Waals surface area (Å²) in [6.45, 7) is 3.35. The lowest BCUT2D eigenvalue weighted by Crippen LogP contribution is -2.60. The zero-order valence-corrected chi connectivity index (χ0v) is 38.4. The molecule has 1 amide bonds. The average Bonchev–Trinajstić information content (AvgIpc) is 4.01. The first kappa shape index (κ1) is 55.7. The number of ether oxygens (including phenoxy) is 2. The van der Waals surface area contributed by atoms with Crippen molar-refractivity contribution in [3.8, 4) is 0 Å². The molecule has 0 bridgehead atoms. The Labute approximate surface area is 369 Å². The van der Waals surface area contributed by atoms with E-state index in [2.05, 4.69) is 19.2 Å². The van der Waals surface area contributed by atoms with E-state index in [9.17, 15) is 45.3 Å². The molecule has 1 aliphatic carbocycles. The van der Waals surface area contributed by atoms with Crippen molar-refractivity contribution in [2.24, 2.45) is 11.8 Å². The van der Waals surface area contributed by atoms with Gasteiger partial charge in [0.05, 0.1) is 25.4 Å². The standard InChI is InChI=1S/C49H91NO11/c1-3-5-7-22-28-37-34-38(37)29-23-18-16-17-20-26-32-41(53)44(55)40(36-60-49-47(58)46(57)45(56)43(35-51)61-49)50-48(59)42(54)33-27-21-15-13-11-9-10-12-14-19-25-31-39(52)30-24-8-6-4-2/h25,31,37-38,40-47,49,51,53-58H,3-24,26-30,32-36H2,1-2H3,(H,50,59)/b31-25+/t37-,38+,40+,41-,42-,43-,44+,45-,46+,47-,49-/m1/s1. The molecule has 0 radical (unpaired) electrons. The van der Waals surface area contributed by atoms with Gasteiger partial charge in [-0.1, -0.05) is 168 Å². The Morgan fingerprint density at radius 1 is 0.672 bits per heavy atom. The Morgan fingerprint density at radius 3 is 1.79 bits per heavy atom. The van der Waals surface area contributed by atoms with Crippen molar-refractivity contribution in [3.63, 3.8) is 0 Å². The molecule has 12 nitrogen and oxygen atoms in total. The van der Waals surface area contributed by atoms with Gasteiger partial charge >= 0.3 is 0 Å². The van der Waals surface area contributed by atoms with Crippen LogP contribution in [0.3, 0.4) is 0 Å². The first-order valence-corrected chi connectivity index (χ1v) is 25.0. The van der Waals surface area contributed by atoms with Crippen LogP contribution in [0.25, 0.3) is 0 Å². The molecule has 0 aromatic heterocycles. The van der Waals surface area contributed by atoms with Crippen molar-refractivity contribution >= 4 is 11.7 Å². The van der Waals surface area contributed by atoms with E-state index in [0.29, 0.717) is 25.7 Å². The van der Waals surface area contributed by atoms with E-state index in [1.165, 1.54) is 77.0 Å². The fraction of sp³-hybridized carbons (Fsp3) is 0.918. The maximum atomic E-state index is 13.1. The van der Waals surface area contributed by atoms with E-state index in [4.69, 9.17) is 9.47 Å². The van der Waals surface area contributed by atoms with Crippen LogP contribution in [-0.4, -0.2) is 116 Å². The molecule has 1 saturated heterocycles. The first-order chi connectivity index (χ1) is 29.5. The highest BCUT2D eigenvalue weighted by atomic mass is 16.7. The lowest BCUT2D eigenvalue weighted by atomic mass is 9.98.